The van der Waals surface area contributed by atoms with Crippen LogP contribution in [0.4, 0.5) is 9.18 Å². The van der Waals surface area contributed by atoms with Gasteiger partial charge in [-0.05, 0) is 38.5 Å². The molecule has 0 amide bonds. The summed E-state index contributed by atoms with van der Waals surface area (Å²) >= 11 is 6.45. The monoisotopic (exact) mass is 476 g/mol. The molecule has 0 radical (unpaired) electrons. The molecule has 0 N–H and O–H groups in total. The summed E-state index contributed by atoms with van der Waals surface area (Å²) in [5, 5.41) is 0.626. The number of nitrogens with zero attached hydrogens (tertiary/aromatic N) is 4. The fourth-order valence-electron chi connectivity index (χ4n) is 3.06. The Balaban J connectivity index is 1.69. The minimum atomic E-state index is -0.959. The van der Waals surface area contributed by atoms with Gasteiger partial charge in [0.25, 0.3) is 5.88 Å². The Morgan fingerprint density at radius 3 is 2.75 bits per heavy atom. The van der Waals surface area contributed by atoms with Crippen LogP contribution in [-0.2, 0) is 4.74 Å². The van der Waals surface area contributed by atoms with Crippen molar-refractivity contribution in [1.82, 2.24) is 19.9 Å². The van der Waals surface area contributed by atoms with Gasteiger partial charge in [0.15, 0.2) is 5.82 Å². The molecule has 11 heteroatoms. The number of aryl methyl sites for hydroxylation is 1. The highest BCUT2D eigenvalue weighted by Crippen LogP contribution is 2.35. The molecule has 4 aromatic rings. The first-order valence-corrected chi connectivity index (χ1v) is 10.9. The Morgan fingerprint density at radius 1 is 1.19 bits per heavy atom. The first kappa shape index (κ1) is 22.1. The molecular weight excluding hydrogens is 459 g/mol. The highest BCUT2D eigenvalue weighted by molar-refractivity contribution is 7.21. The lowest BCUT2D eigenvalue weighted by molar-refractivity contribution is 0.0905. The van der Waals surface area contributed by atoms with Gasteiger partial charge in [0, 0.05) is 23.2 Å². The zero-order valence-electron chi connectivity index (χ0n) is 17.4. The van der Waals surface area contributed by atoms with Gasteiger partial charge >= 0.3 is 5.43 Å². The summed E-state index contributed by atoms with van der Waals surface area (Å²) in [6, 6.07) is 5.12. The standard InChI is InChI=1S/C21H18ClFN4O4S/c1-4-29-16-8-24-17-12(5-10(2)6-14(17)25-16)19-26-15-7-13(23)18(27-20(15)32-19)30-9-11(3)31-21(22)28/h5-8,11H,4,9H2,1-3H3. The van der Waals surface area contributed by atoms with Crippen LogP contribution in [0.2, 0.25) is 0 Å². The van der Waals surface area contributed by atoms with Crippen LogP contribution < -0.4 is 9.47 Å². The Bertz CT molecular complexity index is 1320. The molecule has 32 heavy (non-hydrogen) atoms. The highest BCUT2D eigenvalue weighted by atomic mass is 35.5. The molecule has 0 aliphatic carbocycles. The summed E-state index contributed by atoms with van der Waals surface area (Å²) in [7, 11) is 0. The second-order valence-corrected chi connectivity index (χ2v) is 8.20. The van der Waals surface area contributed by atoms with E-state index < -0.39 is 17.3 Å². The molecule has 0 saturated heterocycles. The lowest BCUT2D eigenvalue weighted by atomic mass is 10.1. The predicted octanol–water partition coefficient (Wildman–Crippen LogP) is 5.29. The number of ether oxygens (including phenoxy) is 3. The van der Waals surface area contributed by atoms with Crippen molar-refractivity contribution in [1.29, 1.82) is 0 Å². The zero-order chi connectivity index (χ0) is 22.8. The lowest BCUT2D eigenvalue weighted by Gasteiger charge is -2.11. The number of pyridine rings is 1. The Kier molecular flexibility index (Phi) is 6.33. The van der Waals surface area contributed by atoms with E-state index in [0.717, 1.165) is 11.1 Å². The summed E-state index contributed by atoms with van der Waals surface area (Å²) in [4.78, 5) is 29.1. The van der Waals surface area contributed by atoms with Gasteiger partial charge in [-0.1, -0.05) is 11.3 Å². The van der Waals surface area contributed by atoms with Crippen molar-refractivity contribution in [3.8, 4) is 22.3 Å². The molecule has 0 bridgehead atoms. The topological polar surface area (TPSA) is 96.3 Å². The molecule has 0 aliphatic rings. The first-order valence-electron chi connectivity index (χ1n) is 9.70. The van der Waals surface area contributed by atoms with Gasteiger partial charge in [0.05, 0.1) is 23.8 Å². The van der Waals surface area contributed by atoms with Gasteiger partial charge in [0.2, 0.25) is 5.88 Å². The maximum absolute atomic E-state index is 14.5. The Morgan fingerprint density at radius 2 is 2.00 bits per heavy atom. The van der Waals surface area contributed by atoms with E-state index in [-0.39, 0.29) is 12.5 Å². The molecule has 1 unspecified atom stereocenters. The number of hydrogen-bond donors (Lipinski definition) is 0. The summed E-state index contributed by atoms with van der Waals surface area (Å²) in [6.07, 6.45) is 0.907. The number of benzene rings is 1. The number of aromatic nitrogens is 4. The smallest absolute Gasteiger partial charge is 0.404 e. The van der Waals surface area contributed by atoms with Crippen molar-refractivity contribution in [2.45, 2.75) is 26.9 Å². The molecule has 166 valence electrons. The van der Waals surface area contributed by atoms with Crippen molar-refractivity contribution >= 4 is 49.7 Å². The SMILES string of the molecule is CCOc1cnc2c(-c3nc4cc(F)c(OCC(C)OC(=O)Cl)nc4s3)cc(C)cc2n1. The minimum Gasteiger partial charge on any atom is -0.477 e. The highest BCUT2D eigenvalue weighted by Gasteiger charge is 2.18. The number of hydrogen-bond acceptors (Lipinski definition) is 9. The van der Waals surface area contributed by atoms with E-state index in [4.69, 9.17) is 25.8 Å². The number of carbonyl (C=O) groups excluding carboxylic acids is 1. The molecule has 3 aromatic heterocycles. The van der Waals surface area contributed by atoms with E-state index in [2.05, 4.69) is 19.9 Å². The van der Waals surface area contributed by atoms with E-state index in [1.807, 2.05) is 26.0 Å². The van der Waals surface area contributed by atoms with Gasteiger partial charge in [-0.15, -0.1) is 0 Å². The van der Waals surface area contributed by atoms with E-state index >= 15 is 0 Å². The van der Waals surface area contributed by atoms with Crippen molar-refractivity contribution in [2.24, 2.45) is 0 Å². The summed E-state index contributed by atoms with van der Waals surface area (Å²) in [6.45, 7) is 5.79. The van der Waals surface area contributed by atoms with E-state index in [1.165, 1.54) is 17.4 Å². The second-order valence-electron chi connectivity index (χ2n) is 6.92. The molecule has 8 nitrogen and oxygen atoms in total. The van der Waals surface area contributed by atoms with Crippen LogP contribution in [-0.4, -0.2) is 44.7 Å². The van der Waals surface area contributed by atoms with Crippen LogP contribution >= 0.6 is 22.9 Å². The summed E-state index contributed by atoms with van der Waals surface area (Å²) in [5.74, 6) is -0.435. The average Bonchev–Trinajstić information content (AvgIpc) is 3.13. The second kappa shape index (κ2) is 9.17. The maximum Gasteiger partial charge on any atom is 0.404 e. The van der Waals surface area contributed by atoms with Crippen molar-refractivity contribution in [3.05, 3.63) is 35.8 Å². The van der Waals surface area contributed by atoms with Crippen LogP contribution in [0.1, 0.15) is 19.4 Å². The third-order valence-corrected chi connectivity index (χ3v) is 5.43. The van der Waals surface area contributed by atoms with Crippen molar-refractivity contribution in [2.75, 3.05) is 13.2 Å². The normalized spacial score (nSPS) is 12.2. The van der Waals surface area contributed by atoms with Gasteiger partial charge in [0.1, 0.15) is 28.1 Å². The van der Waals surface area contributed by atoms with Crippen molar-refractivity contribution < 1.29 is 23.4 Å². The molecular formula is C21H18ClFN4O4S. The molecule has 0 spiro atoms. The predicted molar refractivity (Wildman–Crippen MR) is 119 cm³/mol. The quantitative estimate of drug-likeness (QED) is 0.332. The molecule has 0 fully saturated rings. The fraction of sp³-hybridized carbons (Fsp3) is 0.286. The Hall–Kier alpha value is -3.11. The van der Waals surface area contributed by atoms with Crippen molar-refractivity contribution in [3.63, 3.8) is 0 Å². The minimum absolute atomic E-state index is 0.0974. The third-order valence-electron chi connectivity index (χ3n) is 4.35. The van der Waals surface area contributed by atoms with E-state index in [9.17, 15) is 9.18 Å². The molecule has 0 aliphatic heterocycles. The number of thiazole rings is 1. The molecule has 1 aromatic carbocycles. The third kappa shape index (κ3) is 4.71. The average molecular weight is 477 g/mol. The Labute approximate surface area is 191 Å². The number of fused-ring (bicyclic) bond motifs is 2. The zero-order valence-corrected chi connectivity index (χ0v) is 19.0. The van der Waals surface area contributed by atoms with Crippen LogP contribution in [0.5, 0.6) is 11.8 Å². The van der Waals surface area contributed by atoms with Crippen LogP contribution in [0.15, 0.2) is 24.4 Å². The molecule has 1 atom stereocenters. The van der Waals surface area contributed by atoms with Crippen LogP contribution in [0.25, 0.3) is 32.0 Å². The first-order chi connectivity index (χ1) is 15.3. The molecule has 4 rings (SSSR count). The van der Waals surface area contributed by atoms with Crippen LogP contribution in [0.3, 0.4) is 0 Å². The summed E-state index contributed by atoms with van der Waals surface area (Å²) in [5.41, 5.74) is 2.51. The van der Waals surface area contributed by atoms with Gasteiger partial charge in [-0.25, -0.2) is 24.1 Å². The van der Waals surface area contributed by atoms with Gasteiger partial charge in [-0.2, -0.15) is 4.98 Å². The van der Waals surface area contributed by atoms with E-state index in [1.54, 1.807) is 13.1 Å². The van der Waals surface area contributed by atoms with Crippen LogP contribution in [0, 0.1) is 12.7 Å². The number of carbonyl (C=O) groups is 1. The number of rotatable bonds is 7. The maximum atomic E-state index is 14.5. The number of halogens is 2. The molecule has 0 saturated carbocycles. The lowest BCUT2D eigenvalue weighted by Crippen LogP contribution is -2.19. The largest absolute Gasteiger partial charge is 0.477 e. The fourth-order valence-corrected chi connectivity index (χ4v) is 4.14. The van der Waals surface area contributed by atoms with E-state index in [0.29, 0.717) is 38.9 Å². The van der Waals surface area contributed by atoms with Gasteiger partial charge < -0.3 is 14.2 Å². The summed E-state index contributed by atoms with van der Waals surface area (Å²) < 4.78 is 30.1. The molecule has 3 heterocycles. The van der Waals surface area contributed by atoms with Gasteiger partial charge in [-0.3, -0.25) is 0 Å².